The van der Waals surface area contributed by atoms with Crippen LogP contribution in [0.5, 0.6) is 5.75 Å². The van der Waals surface area contributed by atoms with E-state index < -0.39 is 4.92 Å². The summed E-state index contributed by atoms with van der Waals surface area (Å²) in [7, 11) is 1.57. The molecule has 0 aliphatic heterocycles. The van der Waals surface area contributed by atoms with Crippen LogP contribution >= 0.6 is 0 Å². The molecule has 6 heteroatoms. The third-order valence-electron chi connectivity index (χ3n) is 3.44. The first-order chi connectivity index (χ1) is 10.6. The summed E-state index contributed by atoms with van der Waals surface area (Å²) in [4.78, 5) is 25.3. The van der Waals surface area contributed by atoms with Gasteiger partial charge in [0.05, 0.1) is 12.0 Å². The molecule has 0 bridgehead atoms. The lowest BCUT2D eigenvalue weighted by atomic mass is 10.0. The minimum atomic E-state index is -0.461. The number of hydrogen-bond donors (Lipinski definition) is 1. The van der Waals surface area contributed by atoms with Crippen LogP contribution in [0, 0.1) is 10.1 Å². The molecule has 0 saturated heterocycles. The van der Waals surface area contributed by atoms with E-state index in [1.807, 2.05) is 0 Å². The van der Waals surface area contributed by atoms with Crippen molar-refractivity contribution >= 4 is 16.6 Å². The van der Waals surface area contributed by atoms with E-state index in [0.29, 0.717) is 22.2 Å². The number of nitro groups is 1. The van der Waals surface area contributed by atoms with Gasteiger partial charge in [-0.3, -0.25) is 14.9 Å². The molecule has 1 N–H and O–H groups in total. The largest absolute Gasteiger partial charge is 0.497 e. The van der Waals surface area contributed by atoms with Crippen LogP contribution in [0.1, 0.15) is 0 Å². The molecule has 3 rings (SSSR count). The average molecular weight is 296 g/mol. The fourth-order valence-electron chi connectivity index (χ4n) is 2.29. The van der Waals surface area contributed by atoms with Crippen molar-refractivity contribution in [1.82, 2.24) is 4.98 Å². The van der Waals surface area contributed by atoms with Crippen LogP contribution in [0.25, 0.3) is 22.0 Å². The molecule has 0 aliphatic carbocycles. The van der Waals surface area contributed by atoms with Crippen LogP contribution in [0.2, 0.25) is 0 Å². The molecule has 2 aromatic carbocycles. The quantitative estimate of drug-likeness (QED) is 0.594. The van der Waals surface area contributed by atoms with Gasteiger partial charge in [0.1, 0.15) is 5.75 Å². The van der Waals surface area contributed by atoms with Gasteiger partial charge >= 0.3 is 0 Å². The van der Waals surface area contributed by atoms with Gasteiger partial charge in [-0.05, 0) is 29.8 Å². The number of pyridine rings is 1. The summed E-state index contributed by atoms with van der Waals surface area (Å²) < 4.78 is 5.09. The molecule has 0 fully saturated rings. The molecule has 0 unspecified atom stereocenters. The zero-order valence-electron chi connectivity index (χ0n) is 11.7. The molecule has 110 valence electrons. The number of hydrogen-bond acceptors (Lipinski definition) is 4. The van der Waals surface area contributed by atoms with Crippen LogP contribution in [0.3, 0.4) is 0 Å². The normalized spacial score (nSPS) is 10.6. The first kappa shape index (κ1) is 13.8. The summed E-state index contributed by atoms with van der Waals surface area (Å²) in [5.74, 6) is 0.691. The van der Waals surface area contributed by atoms with E-state index in [1.54, 1.807) is 37.4 Å². The minimum Gasteiger partial charge on any atom is -0.497 e. The zero-order valence-corrected chi connectivity index (χ0v) is 11.7. The minimum absolute atomic E-state index is 0.0137. The molecule has 22 heavy (non-hydrogen) atoms. The van der Waals surface area contributed by atoms with Crippen LogP contribution in [-0.4, -0.2) is 17.0 Å². The maximum Gasteiger partial charge on any atom is 0.270 e. The SMILES string of the molecule is COc1ccc(-c2cc3cc([N+](=O)[O-])ccc3[nH]c2=O)cc1. The van der Waals surface area contributed by atoms with Crippen molar-refractivity contribution in [2.45, 2.75) is 0 Å². The molecule has 0 saturated carbocycles. The Bertz CT molecular complexity index is 914. The van der Waals surface area contributed by atoms with Crippen molar-refractivity contribution in [2.75, 3.05) is 7.11 Å². The van der Waals surface area contributed by atoms with Gasteiger partial charge in [0.15, 0.2) is 0 Å². The average Bonchev–Trinajstić information content (AvgIpc) is 2.54. The number of nitrogens with zero attached hydrogens (tertiary/aromatic N) is 1. The van der Waals surface area contributed by atoms with Crippen molar-refractivity contribution in [3.05, 3.63) is 69.0 Å². The maximum absolute atomic E-state index is 12.2. The summed E-state index contributed by atoms with van der Waals surface area (Å²) >= 11 is 0. The second-order valence-corrected chi connectivity index (χ2v) is 4.77. The van der Waals surface area contributed by atoms with Gasteiger partial charge in [-0.25, -0.2) is 0 Å². The van der Waals surface area contributed by atoms with E-state index in [1.165, 1.54) is 18.2 Å². The van der Waals surface area contributed by atoms with E-state index >= 15 is 0 Å². The highest BCUT2D eigenvalue weighted by Gasteiger charge is 2.10. The summed E-state index contributed by atoms with van der Waals surface area (Å²) in [5, 5.41) is 11.5. The predicted molar refractivity (Wildman–Crippen MR) is 83.2 cm³/mol. The van der Waals surface area contributed by atoms with E-state index in [9.17, 15) is 14.9 Å². The molecular formula is C16H12N2O4. The lowest BCUT2D eigenvalue weighted by Gasteiger charge is -2.05. The second-order valence-electron chi connectivity index (χ2n) is 4.77. The summed E-state index contributed by atoms with van der Waals surface area (Å²) in [6, 6.07) is 13.1. The molecule has 0 radical (unpaired) electrons. The summed E-state index contributed by atoms with van der Waals surface area (Å²) in [6.07, 6.45) is 0. The van der Waals surface area contributed by atoms with Gasteiger partial charge in [0, 0.05) is 28.6 Å². The van der Waals surface area contributed by atoms with E-state index in [4.69, 9.17) is 4.74 Å². The number of ether oxygens (including phenoxy) is 1. The topological polar surface area (TPSA) is 85.2 Å². The van der Waals surface area contributed by atoms with Crippen LogP contribution < -0.4 is 10.3 Å². The molecule has 0 spiro atoms. The highest BCUT2D eigenvalue weighted by Crippen LogP contribution is 2.24. The van der Waals surface area contributed by atoms with E-state index in [0.717, 1.165) is 5.56 Å². The third kappa shape index (κ3) is 2.42. The predicted octanol–water partition coefficient (Wildman–Crippen LogP) is 3.11. The fraction of sp³-hybridized carbons (Fsp3) is 0.0625. The Labute approximate surface area is 125 Å². The van der Waals surface area contributed by atoms with Crippen molar-refractivity contribution in [3.63, 3.8) is 0 Å². The number of benzene rings is 2. The Balaban J connectivity index is 2.17. The molecule has 1 heterocycles. The Morgan fingerprint density at radius 1 is 1.09 bits per heavy atom. The maximum atomic E-state index is 12.2. The number of non-ortho nitro benzene ring substituents is 1. The Kier molecular flexibility index (Phi) is 3.34. The Morgan fingerprint density at radius 2 is 1.82 bits per heavy atom. The molecule has 1 aromatic heterocycles. The number of methoxy groups -OCH3 is 1. The molecule has 6 nitrogen and oxygen atoms in total. The van der Waals surface area contributed by atoms with Crippen molar-refractivity contribution in [2.24, 2.45) is 0 Å². The van der Waals surface area contributed by atoms with Crippen molar-refractivity contribution < 1.29 is 9.66 Å². The number of nitro benzene ring substituents is 1. The number of aromatic amines is 1. The molecule has 0 atom stereocenters. The first-order valence-corrected chi connectivity index (χ1v) is 6.54. The van der Waals surface area contributed by atoms with Gasteiger partial charge in [-0.2, -0.15) is 0 Å². The second kappa shape index (κ2) is 5.33. The summed E-state index contributed by atoms with van der Waals surface area (Å²) in [5.41, 5.74) is 1.48. The Hall–Kier alpha value is -3.15. The van der Waals surface area contributed by atoms with Gasteiger partial charge in [0.25, 0.3) is 11.2 Å². The van der Waals surface area contributed by atoms with Gasteiger partial charge in [-0.1, -0.05) is 12.1 Å². The van der Waals surface area contributed by atoms with Crippen LogP contribution in [0.15, 0.2) is 53.3 Å². The number of fused-ring (bicyclic) bond motifs is 1. The fourth-order valence-corrected chi connectivity index (χ4v) is 2.29. The highest BCUT2D eigenvalue weighted by molar-refractivity contribution is 5.85. The Morgan fingerprint density at radius 3 is 2.45 bits per heavy atom. The van der Waals surface area contributed by atoms with Crippen molar-refractivity contribution in [3.8, 4) is 16.9 Å². The van der Waals surface area contributed by atoms with Gasteiger partial charge in [-0.15, -0.1) is 0 Å². The summed E-state index contributed by atoms with van der Waals surface area (Å²) in [6.45, 7) is 0. The smallest absolute Gasteiger partial charge is 0.270 e. The van der Waals surface area contributed by atoms with E-state index in [-0.39, 0.29) is 11.2 Å². The van der Waals surface area contributed by atoms with Crippen molar-refractivity contribution in [1.29, 1.82) is 0 Å². The van der Waals surface area contributed by atoms with Crippen LogP contribution in [0.4, 0.5) is 5.69 Å². The van der Waals surface area contributed by atoms with E-state index in [2.05, 4.69) is 4.98 Å². The first-order valence-electron chi connectivity index (χ1n) is 6.54. The number of H-pyrrole nitrogens is 1. The van der Waals surface area contributed by atoms with Crippen LogP contribution in [-0.2, 0) is 0 Å². The molecule has 3 aromatic rings. The molecule has 0 aliphatic rings. The lowest BCUT2D eigenvalue weighted by molar-refractivity contribution is -0.384. The van der Waals surface area contributed by atoms with Gasteiger partial charge < -0.3 is 9.72 Å². The van der Waals surface area contributed by atoms with Gasteiger partial charge in [0.2, 0.25) is 0 Å². The zero-order chi connectivity index (χ0) is 15.7. The lowest BCUT2D eigenvalue weighted by Crippen LogP contribution is -2.08. The highest BCUT2D eigenvalue weighted by atomic mass is 16.6. The monoisotopic (exact) mass is 296 g/mol. The number of rotatable bonds is 3. The number of aromatic nitrogens is 1. The standard InChI is InChI=1S/C16H12N2O4/c1-22-13-5-2-10(3-6-13)14-9-11-8-12(18(20)21)4-7-15(11)17-16(14)19/h2-9H,1H3,(H,17,19). The molecular weight excluding hydrogens is 284 g/mol. The molecule has 0 amide bonds. The third-order valence-corrected chi connectivity index (χ3v) is 3.44. The number of nitrogens with one attached hydrogen (secondary N) is 1.